The zero-order valence-electron chi connectivity index (χ0n) is 8.66. The van der Waals surface area contributed by atoms with E-state index in [1.165, 1.54) is 4.90 Å². The highest BCUT2D eigenvalue weighted by Gasteiger charge is 2.35. The van der Waals surface area contributed by atoms with Gasteiger partial charge in [-0.3, -0.25) is 4.79 Å². The van der Waals surface area contributed by atoms with E-state index in [0.29, 0.717) is 0 Å². The van der Waals surface area contributed by atoms with Crippen molar-refractivity contribution in [3.8, 4) is 0 Å². The molecular weight excluding hydrogens is 226 g/mol. The van der Waals surface area contributed by atoms with E-state index in [9.17, 15) is 13.6 Å². The van der Waals surface area contributed by atoms with E-state index >= 15 is 0 Å². The Balaban J connectivity index is 0.00000196. The average Bonchev–Trinajstić information content (AvgIpc) is 2.94. The number of hydrogen-bond donors (Lipinski definition) is 1. The Morgan fingerprint density at radius 2 is 2.07 bits per heavy atom. The molecule has 1 aliphatic carbocycles. The summed E-state index contributed by atoms with van der Waals surface area (Å²) in [5.41, 5.74) is 5.33. The summed E-state index contributed by atoms with van der Waals surface area (Å²) in [5, 5.41) is 0. The summed E-state index contributed by atoms with van der Waals surface area (Å²) in [7, 11) is 0. The maximum atomic E-state index is 12.2. The van der Waals surface area contributed by atoms with Gasteiger partial charge in [0.15, 0.2) is 0 Å². The second-order valence-electron chi connectivity index (χ2n) is 3.75. The van der Waals surface area contributed by atoms with Crippen molar-refractivity contribution in [3.63, 3.8) is 0 Å². The Morgan fingerprint density at radius 1 is 1.53 bits per heavy atom. The van der Waals surface area contributed by atoms with Gasteiger partial charge in [0, 0.05) is 18.5 Å². The number of rotatable bonds is 5. The monoisotopic (exact) mass is 242 g/mol. The molecule has 3 nitrogen and oxygen atoms in total. The summed E-state index contributed by atoms with van der Waals surface area (Å²) in [4.78, 5) is 12.9. The molecule has 2 N–H and O–H groups in total. The van der Waals surface area contributed by atoms with Gasteiger partial charge in [0.1, 0.15) is 0 Å². The Labute approximate surface area is 94.4 Å². The van der Waals surface area contributed by atoms with Crippen LogP contribution >= 0.6 is 12.4 Å². The molecule has 0 aromatic rings. The van der Waals surface area contributed by atoms with Gasteiger partial charge in [-0.05, 0) is 12.8 Å². The fourth-order valence-electron chi connectivity index (χ4n) is 1.34. The van der Waals surface area contributed by atoms with Crippen LogP contribution in [0.2, 0.25) is 0 Å². The highest BCUT2D eigenvalue weighted by molar-refractivity contribution is 5.85. The van der Waals surface area contributed by atoms with Crippen LogP contribution in [0.25, 0.3) is 0 Å². The van der Waals surface area contributed by atoms with Gasteiger partial charge in [-0.2, -0.15) is 0 Å². The van der Waals surface area contributed by atoms with Crippen LogP contribution in [0.5, 0.6) is 0 Å². The van der Waals surface area contributed by atoms with Crippen LogP contribution in [0.1, 0.15) is 19.8 Å². The van der Waals surface area contributed by atoms with Gasteiger partial charge in [0.25, 0.3) is 6.43 Å². The van der Waals surface area contributed by atoms with Crippen LogP contribution in [-0.2, 0) is 4.79 Å². The molecule has 0 radical (unpaired) electrons. The minimum atomic E-state index is -2.45. The second kappa shape index (κ2) is 6.23. The number of nitrogens with two attached hydrogens (primary N) is 1. The first kappa shape index (κ1) is 14.6. The number of hydrogen-bond acceptors (Lipinski definition) is 2. The van der Waals surface area contributed by atoms with Crippen LogP contribution in [0.15, 0.2) is 0 Å². The smallest absolute Gasteiger partial charge is 0.255 e. The van der Waals surface area contributed by atoms with E-state index in [1.54, 1.807) is 6.92 Å². The van der Waals surface area contributed by atoms with E-state index in [4.69, 9.17) is 5.73 Å². The molecule has 90 valence electrons. The molecule has 0 heterocycles. The minimum Gasteiger partial charge on any atom is -0.334 e. The quantitative estimate of drug-likeness (QED) is 0.789. The van der Waals surface area contributed by atoms with E-state index in [0.717, 1.165) is 12.8 Å². The predicted molar refractivity (Wildman–Crippen MR) is 56.2 cm³/mol. The Hall–Kier alpha value is -0.420. The summed E-state index contributed by atoms with van der Waals surface area (Å²) in [6, 6.07) is 0.0329. The summed E-state index contributed by atoms with van der Waals surface area (Å²) in [5.74, 6) is -0.593. The maximum absolute atomic E-state index is 12.2. The highest BCUT2D eigenvalue weighted by atomic mass is 35.5. The number of halogens is 3. The lowest BCUT2D eigenvalue weighted by Crippen LogP contribution is -2.42. The van der Waals surface area contributed by atoms with Gasteiger partial charge in [-0.1, -0.05) is 6.92 Å². The fraction of sp³-hybridized carbons (Fsp3) is 0.889. The lowest BCUT2D eigenvalue weighted by atomic mass is 10.1. The van der Waals surface area contributed by atoms with Crippen molar-refractivity contribution in [1.82, 2.24) is 4.90 Å². The number of carbonyl (C=O) groups excluding carboxylic acids is 1. The summed E-state index contributed by atoms with van der Waals surface area (Å²) < 4.78 is 24.4. The van der Waals surface area contributed by atoms with Crippen LogP contribution in [-0.4, -0.2) is 36.4 Å². The van der Waals surface area contributed by atoms with Gasteiger partial charge < -0.3 is 10.6 Å². The Bertz CT molecular complexity index is 212. The normalized spacial score (nSPS) is 17.1. The average molecular weight is 243 g/mol. The first-order valence-electron chi connectivity index (χ1n) is 4.85. The van der Waals surface area contributed by atoms with Gasteiger partial charge in [-0.25, -0.2) is 8.78 Å². The lowest BCUT2D eigenvalue weighted by Gasteiger charge is -2.24. The van der Waals surface area contributed by atoms with Gasteiger partial charge in [0.2, 0.25) is 5.91 Å². The van der Waals surface area contributed by atoms with Crippen LogP contribution in [0.3, 0.4) is 0 Å². The van der Waals surface area contributed by atoms with Gasteiger partial charge in [-0.15, -0.1) is 12.4 Å². The number of carbonyl (C=O) groups is 1. The molecule has 0 aromatic carbocycles. The molecule has 1 fully saturated rings. The molecule has 0 aliphatic heterocycles. The molecule has 1 amide bonds. The Morgan fingerprint density at radius 3 is 2.40 bits per heavy atom. The molecule has 0 aromatic heterocycles. The number of alkyl halides is 2. The van der Waals surface area contributed by atoms with Crippen molar-refractivity contribution in [3.05, 3.63) is 0 Å². The summed E-state index contributed by atoms with van der Waals surface area (Å²) >= 11 is 0. The van der Waals surface area contributed by atoms with E-state index < -0.39 is 13.0 Å². The van der Waals surface area contributed by atoms with Crippen molar-refractivity contribution in [2.45, 2.75) is 32.2 Å². The fourth-order valence-corrected chi connectivity index (χ4v) is 1.34. The SMILES string of the molecule is CC(CN)C(=O)N(CC(F)F)C1CC1.Cl. The molecule has 6 heteroatoms. The van der Waals surface area contributed by atoms with Crippen molar-refractivity contribution in [2.24, 2.45) is 11.7 Å². The molecule has 0 bridgehead atoms. The zero-order valence-corrected chi connectivity index (χ0v) is 9.47. The zero-order chi connectivity index (χ0) is 10.7. The van der Waals surface area contributed by atoms with Gasteiger partial charge >= 0.3 is 0 Å². The van der Waals surface area contributed by atoms with E-state index in [2.05, 4.69) is 0 Å². The number of amides is 1. The molecule has 1 saturated carbocycles. The summed E-state index contributed by atoms with van der Waals surface area (Å²) in [6.07, 6.45) is -0.768. The molecule has 1 rings (SSSR count). The van der Waals surface area contributed by atoms with E-state index in [-0.39, 0.29) is 36.8 Å². The predicted octanol–water partition coefficient (Wildman–Crippen LogP) is 1.26. The van der Waals surface area contributed by atoms with Gasteiger partial charge in [0.05, 0.1) is 6.54 Å². The molecule has 0 saturated heterocycles. The molecule has 0 spiro atoms. The molecule has 1 unspecified atom stereocenters. The second-order valence-corrected chi connectivity index (χ2v) is 3.75. The van der Waals surface area contributed by atoms with Crippen molar-refractivity contribution in [2.75, 3.05) is 13.1 Å². The third-order valence-corrected chi connectivity index (χ3v) is 2.38. The van der Waals surface area contributed by atoms with Crippen LogP contribution in [0, 0.1) is 5.92 Å². The van der Waals surface area contributed by atoms with Crippen molar-refractivity contribution < 1.29 is 13.6 Å². The largest absolute Gasteiger partial charge is 0.334 e. The van der Waals surface area contributed by atoms with E-state index in [1.807, 2.05) is 0 Å². The topological polar surface area (TPSA) is 46.3 Å². The minimum absolute atomic E-state index is 0. The third kappa shape index (κ3) is 4.30. The first-order valence-corrected chi connectivity index (χ1v) is 4.85. The summed E-state index contributed by atoms with van der Waals surface area (Å²) in [6.45, 7) is 1.43. The molecule has 15 heavy (non-hydrogen) atoms. The van der Waals surface area contributed by atoms with Crippen LogP contribution in [0.4, 0.5) is 8.78 Å². The third-order valence-electron chi connectivity index (χ3n) is 2.38. The molecular formula is C9H17ClF2N2O. The molecule has 1 atom stereocenters. The van der Waals surface area contributed by atoms with Crippen molar-refractivity contribution in [1.29, 1.82) is 0 Å². The molecule has 1 aliphatic rings. The lowest BCUT2D eigenvalue weighted by molar-refractivity contribution is -0.137. The highest BCUT2D eigenvalue weighted by Crippen LogP contribution is 2.28. The van der Waals surface area contributed by atoms with Crippen LogP contribution < -0.4 is 5.73 Å². The Kier molecular flexibility index (Phi) is 6.05. The maximum Gasteiger partial charge on any atom is 0.255 e. The first-order chi connectivity index (χ1) is 6.56. The number of nitrogens with zero attached hydrogens (tertiary/aromatic N) is 1. The van der Waals surface area contributed by atoms with Crippen molar-refractivity contribution >= 4 is 18.3 Å². The standard InChI is InChI=1S/C9H16F2N2O.ClH/c1-6(4-12)9(14)13(5-8(10)11)7-2-3-7;/h6-8H,2-5,12H2,1H3;1H.